The van der Waals surface area contributed by atoms with Crippen LogP contribution in [0.2, 0.25) is 0 Å². The van der Waals surface area contributed by atoms with Gasteiger partial charge in [-0.3, -0.25) is 10.1 Å². The molecule has 2 N–H and O–H groups in total. The molecule has 3 heteroatoms. The molecule has 0 aromatic carbocycles. The lowest BCUT2D eigenvalue weighted by Crippen LogP contribution is -2.54. The normalized spacial score (nSPS) is 22.9. The molecule has 0 spiro atoms. The van der Waals surface area contributed by atoms with Gasteiger partial charge in [-0.2, -0.15) is 0 Å². The Morgan fingerprint density at radius 3 is 2.50 bits per heavy atom. The molecule has 3 nitrogen and oxygen atoms in total. The molecule has 0 aromatic rings. The number of carboxylic acids is 1. The lowest BCUT2D eigenvalue weighted by atomic mass is 9.91. The van der Waals surface area contributed by atoms with Gasteiger partial charge in [0, 0.05) is 6.04 Å². The van der Waals surface area contributed by atoms with Gasteiger partial charge < -0.3 is 5.11 Å². The van der Waals surface area contributed by atoms with E-state index in [0.29, 0.717) is 18.4 Å². The lowest BCUT2D eigenvalue weighted by Gasteiger charge is -2.32. The Hall–Kier alpha value is -0.570. The Bertz CT molecular complexity index is 236. The molecule has 0 aliphatic heterocycles. The third-order valence-corrected chi connectivity index (χ3v) is 3.88. The number of rotatable bonds is 6. The molecule has 1 aliphatic carbocycles. The van der Waals surface area contributed by atoms with Crippen molar-refractivity contribution in [1.82, 2.24) is 5.32 Å². The van der Waals surface area contributed by atoms with Crippen LogP contribution in [0, 0.1) is 5.92 Å². The third kappa shape index (κ3) is 3.21. The standard InChI is InChI=1S/C13H25NO2/c1-4-9-13(3,12(15)16)14-10(2)11-7-5-6-8-11/h10-11,14H,4-9H2,1-3H3,(H,15,16). The van der Waals surface area contributed by atoms with Gasteiger partial charge in [-0.05, 0) is 39.0 Å². The van der Waals surface area contributed by atoms with E-state index in [9.17, 15) is 9.90 Å². The molecule has 1 fully saturated rings. The highest BCUT2D eigenvalue weighted by Crippen LogP contribution is 2.29. The fourth-order valence-electron chi connectivity index (χ4n) is 2.82. The number of nitrogens with one attached hydrogen (secondary N) is 1. The summed E-state index contributed by atoms with van der Waals surface area (Å²) in [5.41, 5.74) is -0.753. The Labute approximate surface area is 98.6 Å². The Morgan fingerprint density at radius 1 is 1.50 bits per heavy atom. The van der Waals surface area contributed by atoms with Crippen LogP contribution >= 0.6 is 0 Å². The quantitative estimate of drug-likeness (QED) is 0.733. The average Bonchev–Trinajstić information content (AvgIpc) is 2.70. The topological polar surface area (TPSA) is 49.3 Å². The first-order valence-electron chi connectivity index (χ1n) is 6.50. The number of aliphatic carboxylic acids is 1. The molecule has 0 aromatic heterocycles. The van der Waals surface area contributed by atoms with Gasteiger partial charge in [0.1, 0.15) is 5.54 Å². The van der Waals surface area contributed by atoms with Gasteiger partial charge in [-0.15, -0.1) is 0 Å². The molecule has 0 radical (unpaired) electrons. The Kier molecular flexibility index (Phi) is 4.78. The van der Waals surface area contributed by atoms with E-state index in [1.807, 2.05) is 13.8 Å². The highest BCUT2D eigenvalue weighted by Gasteiger charge is 2.35. The zero-order valence-electron chi connectivity index (χ0n) is 10.8. The van der Waals surface area contributed by atoms with Crippen molar-refractivity contribution in [3.8, 4) is 0 Å². The van der Waals surface area contributed by atoms with E-state index < -0.39 is 11.5 Å². The minimum atomic E-state index is -0.753. The lowest BCUT2D eigenvalue weighted by molar-refractivity contribution is -0.145. The summed E-state index contributed by atoms with van der Waals surface area (Å²) < 4.78 is 0. The number of hydrogen-bond donors (Lipinski definition) is 2. The van der Waals surface area contributed by atoms with Crippen LogP contribution in [0.1, 0.15) is 59.3 Å². The summed E-state index contributed by atoms with van der Waals surface area (Å²) >= 11 is 0. The summed E-state index contributed by atoms with van der Waals surface area (Å²) in [6.45, 7) is 5.97. The Morgan fingerprint density at radius 2 is 2.06 bits per heavy atom. The van der Waals surface area contributed by atoms with Gasteiger partial charge in [0.2, 0.25) is 0 Å². The fourth-order valence-corrected chi connectivity index (χ4v) is 2.82. The fraction of sp³-hybridized carbons (Fsp3) is 0.923. The van der Waals surface area contributed by atoms with Crippen molar-refractivity contribution in [2.24, 2.45) is 5.92 Å². The molecule has 1 aliphatic rings. The zero-order chi connectivity index (χ0) is 12.2. The van der Waals surface area contributed by atoms with E-state index in [4.69, 9.17) is 0 Å². The molecule has 0 amide bonds. The maximum atomic E-state index is 11.3. The molecule has 0 bridgehead atoms. The predicted octanol–water partition coefficient (Wildman–Crippen LogP) is 2.80. The molecule has 1 rings (SSSR count). The summed E-state index contributed by atoms with van der Waals surface area (Å²) in [5, 5.41) is 12.6. The molecule has 0 saturated heterocycles. The smallest absolute Gasteiger partial charge is 0.323 e. The molecule has 2 unspecified atom stereocenters. The van der Waals surface area contributed by atoms with Crippen molar-refractivity contribution < 1.29 is 9.90 Å². The second-order valence-electron chi connectivity index (χ2n) is 5.36. The maximum Gasteiger partial charge on any atom is 0.323 e. The SMILES string of the molecule is CCCC(C)(NC(C)C1CCCC1)C(=O)O. The first-order chi connectivity index (χ1) is 7.49. The highest BCUT2D eigenvalue weighted by molar-refractivity contribution is 5.78. The van der Waals surface area contributed by atoms with Crippen LogP contribution in [0.15, 0.2) is 0 Å². The minimum Gasteiger partial charge on any atom is -0.480 e. The van der Waals surface area contributed by atoms with Crippen molar-refractivity contribution in [3.63, 3.8) is 0 Å². The van der Waals surface area contributed by atoms with Crippen LogP contribution in [0.25, 0.3) is 0 Å². The molecule has 94 valence electrons. The first kappa shape index (κ1) is 13.5. The predicted molar refractivity (Wildman–Crippen MR) is 65.5 cm³/mol. The van der Waals surface area contributed by atoms with Gasteiger partial charge >= 0.3 is 5.97 Å². The monoisotopic (exact) mass is 227 g/mol. The van der Waals surface area contributed by atoms with Crippen LogP contribution in [0.4, 0.5) is 0 Å². The van der Waals surface area contributed by atoms with Gasteiger partial charge in [-0.1, -0.05) is 26.2 Å². The molecule has 2 atom stereocenters. The van der Waals surface area contributed by atoms with E-state index in [0.717, 1.165) is 6.42 Å². The van der Waals surface area contributed by atoms with E-state index >= 15 is 0 Å². The number of carbonyl (C=O) groups is 1. The van der Waals surface area contributed by atoms with E-state index in [1.165, 1.54) is 25.7 Å². The number of carboxylic acid groups (broad SMARTS) is 1. The van der Waals surface area contributed by atoms with Crippen LogP contribution in [-0.4, -0.2) is 22.7 Å². The summed E-state index contributed by atoms with van der Waals surface area (Å²) in [7, 11) is 0. The summed E-state index contributed by atoms with van der Waals surface area (Å²) in [6.07, 6.45) is 6.68. The van der Waals surface area contributed by atoms with Gasteiger partial charge in [0.15, 0.2) is 0 Å². The molecular formula is C13H25NO2. The van der Waals surface area contributed by atoms with Gasteiger partial charge in [-0.25, -0.2) is 0 Å². The highest BCUT2D eigenvalue weighted by atomic mass is 16.4. The maximum absolute atomic E-state index is 11.3. The van der Waals surface area contributed by atoms with Crippen molar-refractivity contribution in [2.75, 3.05) is 0 Å². The van der Waals surface area contributed by atoms with E-state index in [2.05, 4.69) is 12.2 Å². The second-order valence-corrected chi connectivity index (χ2v) is 5.36. The molecule has 1 saturated carbocycles. The van der Waals surface area contributed by atoms with Crippen LogP contribution in [0.3, 0.4) is 0 Å². The van der Waals surface area contributed by atoms with E-state index in [-0.39, 0.29) is 0 Å². The molecule has 0 heterocycles. The van der Waals surface area contributed by atoms with Crippen molar-refractivity contribution in [3.05, 3.63) is 0 Å². The second kappa shape index (κ2) is 5.67. The summed E-state index contributed by atoms with van der Waals surface area (Å²) in [4.78, 5) is 11.3. The third-order valence-electron chi connectivity index (χ3n) is 3.88. The van der Waals surface area contributed by atoms with Crippen molar-refractivity contribution in [2.45, 2.75) is 70.9 Å². The van der Waals surface area contributed by atoms with Gasteiger partial charge in [0.05, 0.1) is 0 Å². The largest absolute Gasteiger partial charge is 0.480 e. The van der Waals surface area contributed by atoms with Crippen molar-refractivity contribution >= 4 is 5.97 Å². The zero-order valence-corrected chi connectivity index (χ0v) is 10.8. The van der Waals surface area contributed by atoms with Crippen LogP contribution in [0.5, 0.6) is 0 Å². The Balaban J connectivity index is 2.56. The van der Waals surface area contributed by atoms with E-state index in [1.54, 1.807) is 0 Å². The minimum absolute atomic E-state index is 0.315. The summed E-state index contributed by atoms with van der Waals surface area (Å²) in [5.74, 6) is -0.0604. The molecule has 16 heavy (non-hydrogen) atoms. The van der Waals surface area contributed by atoms with Crippen LogP contribution in [-0.2, 0) is 4.79 Å². The van der Waals surface area contributed by atoms with Gasteiger partial charge in [0.25, 0.3) is 0 Å². The summed E-state index contributed by atoms with van der Waals surface area (Å²) in [6, 6.07) is 0.315. The van der Waals surface area contributed by atoms with Crippen LogP contribution < -0.4 is 5.32 Å². The first-order valence-corrected chi connectivity index (χ1v) is 6.50. The average molecular weight is 227 g/mol. The molecular weight excluding hydrogens is 202 g/mol. The number of hydrogen-bond acceptors (Lipinski definition) is 2. The van der Waals surface area contributed by atoms with Crippen molar-refractivity contribution in [1.29, 1.82) is 0 Å².